The van der Waals surface area contributed by atoms with E-state index in [9.17, 15) is 4.79 Å². The standard InChI is InChI=1S/C12H10Br2N2OS/c1-6-4-7(15)2-3-9(6)16-12(17)8-5-10(13)18-11(8)14/h2-5H,15H2,1H3,(H,16,17). The van der Waals surface area contributed by atoms with Gasteiger partial charge in [0, 0.05) is 11.4 Å². The summed E-state index contributed by atoms with van der Waals surface area (Å²) < 4.78 is 1.72. The molecule has 2 rings (SSSR count). The summed E-state index contributed by atoms with van der Waals surface area (Å²) in [6.07, 6.45) is 0. The fraction of sp³-hybridized carbons (Fsp3) is 0.0833. The summed E-state index contributed by atoms with van der Waals surface area (Å²) in [7, 11) is 0. The first-order valence-corrected chi connectivity index (χ1v) is 7.50. The first kappa shape index (κ1) is 13.6. The summed E-state index contributed by atoms with van der Waals surface area (Å²) in [5, 5.41) is 2.87. The highest BCUT2D eigenvalue weighted by Crippen LogP contribution is 2.32. The summed E-state index contributed by atoms with van der Waals surface area (Å²) in [4.78, 5) is 12.1. The van der Waals surface area contributed by atoms with Crippen molar-refractivity contribution in [2.45, 2.75) is 6.92 Å². The summed E-state index contributed by atoms with van der Waals surface area (Å²) in [5.41, 5.74) is 8.68. The molecule has 94 valence electrons. The Morgan fingerprint density at radius 2 is 2.06 bits per heavy atom. The number of nitrogens with two attached hydrogens (primary N) is 1. The molecule has 0 atom stereocenters. The summed E-state index contributed by atoms with van der Waals surface area (Å²) in [5.74, 6) is -0.142. The van der Waals surface area contributed by atoms with Gasteiger partial charge >= 0.3 is 0 Å². The molecule has 0 aliphatic carbocycles. The van der Waals surface area contributed by atoms with Crippen LogP contribution in [0.4, 0.5) is 11.4 Å². The van der Waals surface area contributed by atoms with Crippen molar-refractivity contribution in [1.82, 2.24) is 0 Å². The van der Waals surface area contributed by atoms with Gasteiger partial charge in [-0.25, -0.2) is 0 Å². The van der Waals surface area contributed by atoms with Gasteiger partial charge in [0.05, 0.1) is 13.1 Å². The van der Waals surface area contributed by atoms with E-state index < -0.39 is 0 Å². The number of benzene rings is 1. The van der Waals surface area contributed by atoms with E-state index in [1.165, 1.54) is 11.3 Å². The van der Waals surface area contributed by atoms with E-state index in [4.69, 9.17) is 5.73 Å². The van der Waals surface area contributed by atoms with Crippen molar-refractivity contribution in [3.05, 3.63) is 43.0 Å². The van der Waals surface area contributed by atoms with Gasteiger partial charge in [0.2, 0.25) is 0 Å². The van der Waals surface area contributed by atoms with Crippen molar-refractivity contribution in [3.8, 4) is 0 Å². The second-order valence-corrected chi connectivity index (χ2v) is 7.52. The average Bonchev–Trinajstić information content (AvgIpc) is 2.62. The van der Waals surface area contributed by atoms with Crippen LogP contribution in [0.1, 0.15) is 15.9 Å². The lowest BCUT2D eigenvalue weighted by molar-refractivity contribution is 0.102. The van der Waals surface area contributed by atoms with E-state index in [1.807, 2.05) is 13.0 Å². The maximum Gasteiger partial charge on any atom is 0.257 e. The molecule has 0 aliphatic rings. The Morgan fingerprint density at radius 1 is 1.33 bits per heavy atom. The topological polar surface area (TPSA) is 55.1 Å². The Labute approximate surface area is 126 Å². The predicted octanol–water partition coefficient (Wildman–Crippen LogP) is 4.42. The first-order chi connectivity index (χ1) is 8.47. The van der Waals surface area contributed by atoms with Crippen LogP contribution in [0, 0.1) is 6.92 Å². The molecule has 18 heavy (non-hydrogen) atoms. The first-order valence-electron chi connectivity index (χ1n) is 5.09. The summed E-state index contributed by atoms with van der Waals surface area (Å²) >= 11 is 8.19. The molecule has 0 fully saturated rings. The van der Waals surface area contributed by atoms with Gasteiger partial charge < -0.3 is 11.1 Å². The number of hydrogen-bond donors (Lipinski definition) is 2. The van der Waals surface area contributed by atoms with E-state index in [0.29, 0.717) is 11.3 Å². The Balaban J connectivity index is 2.24. The van der Waals surface area contributed by atoms with Crippen molar-refractivity contribution >= 4 is 60.5 Å². The van der Waals surface area contributed by atoms with Crippen LogP contribution < -0.4 is 11.1 Å². The van der Waals surface area contributed by atoms with E-state index in [2.05, 4.69) is 37.2 Å². The van der Waals surface area contributed by atoms with Gasteiger partial charge in [-0.15, -0.1) is 11.3 Å². The van der Waals surface area contributed by atoms with Gasteiger partial charge in [-0.1, -0.05) is 0 Å². The maximum atomic E-state index is 12.1. The van der Waals surface area contributed by atoms with E-state index >= 15 is 0 Å². The SMILES string of the molecule is Cc1cc(N)ccc1NC(=O)c1cc(Br)sc1Br. The molecule has 0 unspecified atom stereocenters. The highest BCUT2D eigenvalue weighted by atomic mass is 79.9. The van der Waals surface area contributed by atoms with Gasteiger partial charge in [-0.05, 0) is 68.6 Å². The van der Waals surface area contributed by atoms with Crippen LogP contribution in [0.5, 0.6) is 0 Å². The number of carbonyl (C=O) groups excluding carboxylic acids is 1. The number of nitrogens with one attached hydrogen (secondary N) is 1. The number of thiophene rings is 1. The molecule has 0 aliphatic heterocycles. The molecule has 6 heteroatoms. The minimum atomic E-state index is -0.142. The molecule has 2 aromatic rings. The number of rotatable bonds is 2. The van der Waals surface area contributed by atoms with Crippen molar-refractivity contribution in [3.63, 3.8) is 0 Å². The fourth-order valence-corrected chi connectivity index (χ4v) is 4.31. The molecule has 1 heterocycles. The summed E-state index contributed by atoms with van der Waals surface area (Å²) in [6.45, 7) is 1.91. The molecule has 0 bridgehead atoms. The van der Waals surface area contributed by atoms with E-state index in [1.54, 1.807) is 18.2 Å². The fourth-order valence-electron chi connectivity index (χ4n) is 1.51. The van der Waals surface area contributed by atoms with Crippen molar-refractivity contribution in [2.24, 2.45) is 0 Å². The highest BCUT2D eigenvalue weighted by Gasteiger charge is 2.14. The third-order valence-electron chi connectivity index (χ3n) is 2.40. The lowest BCUT2D eigenvalue weighted by Gasteiger charge is -2.08. The van der Waals surface area contributed by atoms with Gasteiger partial charge in [-0.3, -0.25) is 4.79 Å². The molecule has 0 spiro atoms. The van der Waals surface area contributed by atoms with Crippen LogP contribution in [0.2, 0.25) is 0 Å². The number of nitrogen functional groups attached to an aromatic ring is 1. The van der Waals surface area contributed by atoms with Gasteiger partial charge in [-0.2, -0.15) is 0 Å². The molecule has 0 saturated carbocycles. The number of carbonyl (C=O) groups is 1. The maximum absolute atomic E-state index is 12.1. The predicted molar refractivity (Wildman–Crippen MR) is 83.3 cm³/mol. The monoisotopic (exact) mass is 388 g/mol. The van der Waals surface area contributed by atoms with Crippen LogP contribution in [0.15, 0.2) is 31.8 Å². The molecule has 1 amide bonds. The molecule has 3 nitrogen and oxygen atoms in total. The Hall–Kier alpha value is -0.850. The number of hydrogen-bond acceptors (Lipinski definition) is 3. The Morgan fingerprint density at radius 3 is 2.61 bits per heavy atom. The third kappa shape index (κ3) is 2.93. The van der Waals surface area contributed by atoms with Gasteiger partial charge in [0.15, 0.2) is 0 Å². The molecular weight excluding hydrogens is 380 g/mol. The molecule has 1 aromatic heterocycles. The zero-order valence-corrected chi connectivity index (χ0v) is 13.4. The number of aryl methyl sites for hydroxylation is 1. The van der Waals surface area contributed by atoms with Gasteiger partial charge in [0.1, 0.15) is 0 Å². The molecular formula is C12H10Br2N2OS. The zero-order chi connectivity index (χ0) is 13.3. The van der Waals surface area contributed by atoms with Gasteiger partial charge in [0.25, 0.3) is 5.91 Å². The second kappa shape index (κ2) is 5.42. The van der Waals surface area contributed by atoms with Crippen molar-refractivity contribution in [1.29, 1.82) is 0 Å². The minimum Gasteiger partial charge on any atom is -0.399 e. The van der Waals surface area contributed by atoms with E-state index in [-0.39, 0.29) is 5.91 Å². The molecule has 1 aromatic carbocycles. The molecule has 0 saturated heterocycles. The number of amides is 1. The number of anilines is 2. The Bertz CT molecular complexity index is 610. The second-order valence-electron chi connectivity index (χ2n) is 3.77. The molecule has 3 N–H and O–H groups in total. The van der Waals surface area contributed by atoms with E-state index in [0.717, 1.165) is 18.8 Å². The Kier molecular flexibility index (Phi) is 4.09. The van der Waals surface area contributed by atoms with Crippen LogP contribution in [0.25, 0.3) is 0 Å². The lowest BCUT2D eigenvalue weighted by Crippen LogP contribution is -2.12. The van der Waals surface area contributed by atoms with Crippen LogP contribution >= 0.6 is 43.2 Å². The number of halogens is 2. The third-order valence-corrected chi connectivity index (χ3v) is 4.74. The van der Waals surface area contributed by atoms with Crippen molar-refractivity contribution < 1.29 is 4.79 Å². The minimum absolute atomic E-state index is 0.142. The largest absolute Gasteiger partial charge is 0.399 e. The lowest BCUT2D eigenvalue weighted by atomic mass is 10.1. The zero-order valence-electron chi connectivity index (χ0n) is 9.46. The molecule has 0 radical (unpaired) electrons. The highest BCUT2D eigenvalue weighted by molar-refractivity contribution is 9.12. The average molecular weight is 390 g/mol. The quantitative estimate of drug-likeness (QED) is 0.747. The van der Waals surface area contributed by atoms with Crippen LogP contribution in [0.3, 0.4) is 0 Å². The summed E-state index contributed by atoms with van der Waals surface area (Å²) in [6, 6.07) is 7.18. The van der Waals surface area contributed by atoms with Crippen molar-refractivity contribution in [2.75, 3.05) is 11.1 Å². The van der Waals surface area contributed by atoms with Crippen LogP contribution in [-0.4, -0.2) is 5.91 Å². The van der Waals surface area contributed by atoms with Crippen LogP contribution in [-0.2, 0) is 0 Å². The smallest absolute Gasteiger partial charge is 0.257 e. The normalized spacial score (nSPS) is 10.4.